The molecule has 3 nitrogen and oxygen atoms in total. The third-order valence-electron chi connectivity index (χ3n) is 3.97. The SMILES string of the molecule is Cc1ccc(C(=O)N(C)C(C)C2CC2)c(C#CCN)c1. The first-order chi connectivity index (χ1) is 9.54. The highest BCUT2D eigenvalue weighted by atomic mass is 16.2. The number of nitrogens with zero attached hydrogens (tertiary/aromatic N) is 1. The fourth-order valence-electron chi connectivity index (χ4n) is 2.36. The van der Waals surface area contributed by atoms with Crippen molar-refractivity contribution in [2.75, 3.05) is 13.6 Å². The maximum absolute atomic E-state index is 12.6. The number of amides is 1. The summed E-state index contributed by atoms with van der Waals surface area (Å²) in [6.07, 6.45) is 2.46. The predicted molar refractivity (Wildman–Crippen MR) is 81.4 cm³/mol. The lowest BCUT2D eigenvalue weighted by Crippen LogP contribution is -2.36. The Bertz CT molecular complexity index is 564. The highest BCUT2D eigenvalue weighted by molar-refractivity contribution is 5.97. The van der Waals surface area contributed by atoms with Crippen molar-refractivity contribution < 1.29 is 4.79 Å². The van der Waals surface area contributed by atoms with E-state index in [-0.39, 0.29) is 5.91 Å². The van der Waals surface area contributed by atoms with E-state index >= 15 is 0 Å². The van der Waals surface area contributed by atoms with Crippen LogP contribution < -0.4 is 5.73 Å². The van der Waals surface area contributed by atoms with Crippen LogP contribution in [0.15, 0.2) is 18.2 Å². The predicted octanol–water partition coefficient (Wildman–Crippen LogP) is 2.18. The summed E-state index contributed by atoms with van der Waals surface area (Å²) >= 11 is 0. The number of benzene rings is 1. The molecule has 1 unspecified atom stereocenters. The largest absolute Gasteiger partial charge is 0.339 e. The summed E-state index contributed by atoms with van der Waals surface area (Å²) in [6, 6.07) is 6.06. The van der Waals surface area contributed by atoms with Gasteiger partial charge < -0.3 is 10.6 Å². The van der Waals surface area contributed by atoms with Crippen LogP contribution in [0.3, 0.4) is 0 Å². The molecule has 3 heteroatoms. The summed E-state index contributed by atoms with van der Waals surface area (Å²) in [5.41, 5.74) is 7.97. The molecule has 1 aromatic carbocycles. The summed E-state index contributed by atoms with van der Waals surface area (Å²) in [4.78, 5) is 14.5. The number of hydrogen-bond acceptors (Lipinski definition) is 2. The van der Waals surface area contributed by atoms with Gasteiger partial charge in [0.25, 0.3) is 5.91 Å². The molecule has 1 aliphatic rings. The van der Waals surface area contributed by atoms with Gasteiger partial charge in [-0.3, -0.25) is 4.79 Å². The van der Waals surface area contributed by atoms with E-state index in [0.717, 1.165) is 11.1 Å². The summed E-state index contributed by atoms with van der Waals surface area (Å²) in [5, 5.41) is 0. The van der Waals surface area contributed by atoms with E-state index in [4.69, 9.17) is 5.73 Å². The van der Waals surface area contributed by atoms with Gasteiger partial charge in [-0.2, -0.15) is 0 Å². The van der Waals surface area contributed by atoms with E-state index in [2.05, 4.69) is 18.8 Å². The number of carbonyl (C=O) groups excluding carboxylic acids is 1. The first-order valence-corrected chi connectivity index (χ1v) is 7.11. The number of rotatable bonds is 3. The molecule has 106 valence electrons. The van der Waals surface area contributed by atoms with Gasteiger partial charge in [-0.05, 0) is 50.3 Å². The molecule has 2 N–H and O–H groups in total. The zero-order valence-corrected chi connectivity index (χ0v) is 12.4. The normalized spacial score (nSPS) is 15.2. The monoisotopic (exact) mass is 270 g/mol. The molecule has 0 saturated heterocycles. The van der Waals surface area contributed by atoms with E-state index in [0.29, 0.717) is 24.1 Å². The average Bonchev–Trinajstić information content (AvgIpc) is 3.27. The van der Waals surface area contributed by atoms with Gasteiger partial charge in [0.2, 0.25) is 0 Å². The lowest BCUT2D eigenvalue weighted by Gasteiger charge is -2.25. The zero-order valence-electron chi connectivity index (χ0n) is 12.4. The Labute approximate surface area is 121 Å². The second-order valence-electron chi connectivity index (χ2n) is 5.55. The molecule has 20 heavy (non-hydrogen) atoms. The molecular weight excluding hydrogens is 248 g/mol. The van der Waals surface area contributed by atoms with Gasteiger partial charge in [-0.25, -0.2) is 0 Å². The molecule has 0 heterocycles. The van der Waals surface area contributed by atoms with E-state index in [9.17, 15) is 4.79 Å². The Morgan fingerprint density at radius 1 is 1.50 bits per heavy atom. The summed E-state index contributed by atoms with van der Waals surface area (Å²) in [6.45, 7) is 4.42. The number of carbonyl (C=O) groups is 1. The van der Waals surface area contributed by atoms with E-state index in [1.54, 1.807) is 0 Å². The first kappa shape index (κ1) is 14.6. The van der Waals surface area contributed by atoms with E-state index < -0.39 is 0 Å². The van der Waals surface area contributed by atoms with E-state index in [1.165, 1.54) is 12.8 Å². The molecule has 2 rings (SSSR count). The number of hydrogen-bond donors (Lipinski definition) is 1. The Balaban J connectivity index is 2.28. The standard InChI is InChI=1S/C17H22N2O/c1-12-6-9-16(15(11-12)5-4-10-18)17(20)19(3)13(2)14-7-8-14/h6,9,11,13-14H,7-8,10,18H2,1-3H3. The molecule has 0 aliphatic heterocycles. The van der Waals surface area contributed by atoms with Gasteiger partial charge >= 0.3 is 0 Å². The smallest absolute Gasteiger partial charge is 0.255 e. The van der Waals surface area contributed by atoms with Gasteiger partial charge in [-0.1, -0.05) is 17.9 Å². The zero-order chi connectivity index (χ0) is 14.7. The summed E-state index contributed by atoms with van der Waals surface area (Å²) in [5.74, 6) is 6.56. The molecule has 1 fully saturated rings. The Morgan fingerprint density at radius 2 is 2.20 bits per heavy atom. The van der Waals surface area contributed by atoms with Crippen LogP contribution in [0.4, 0.5) is 0 Å². The molecule has 1 saturated carbocycles. The third-order valence-corrected chi connectivity index (χ3v) is 3.97. The maximum atomic E-state index is 12.6. The third kappa shape index (κ3) is 3.20. The Kier molecular flexibility index (Phi) is 4.46. The second-order valence-corrected chi connectivity index (χ2v) is 5.55. The van der Waals surface area contributed by atoms with Crippen molar-refractivity contribution >= 4 is 5.91 Å². The maximum Gasteiger partial charge on any atom is 0.255 e. The summed E-state index contributed by atoms with van der Waals surface area (Å²) < 4.78 is 0. The molecule has 0 spiro atoms. The van der Waals surface area contributed by atoms with Crippen molar-refractivity contribution in [3.63, 3.8) is 0 Å². The molecule has 0 aromatic heterocycles. The second kappa shape index (κ2) is 6.11. The average molecular weight is 270 g/mol. The van der Waals surface area contributed by atoms with Crippen LogP contribution in [0.25, 0.3) is 0 Å². The Hall–Kier alpha value is -1.79. The van der Waals surface area contributed by atoms with Crippen LogP contribution in [0.2, 0.25) is 0 Å². The molecule has 1 atom stereocenters. The molecule has 0 bridgehead atoms. The highest BCUT2D eigenvalue weighted by Crippen LogP contribution is 2.35. The highest BCUT2D eigenvalue weighted by Gasteiger charge is 2.33. The lowest BCUT2D eigenvalue weighted by molar-refractivity contribution is 0.0727. The minimum absolute atomic E-state index is 0.0470. The van der Waals surface area contributed by atoms with Gasteiger partial charge in [0.1, 0.15) is 0 Å². The minimum Gasteiger partial charge on any atom is -0.339 e. The first-order valence-electron chi connectivity index (χ1n) is 7.11. The fraction of sp³-hybridized carbons (Fsp3) is 0.471. The van der Waals surface area contributed by atoms with Crippen LogP contribution in [-0.4, -0.2) is 30.4 Å². The van der Waals surface area contributed by atoms with Crippen molar-refractivity contribution in [3.05, 3.63) is 34.9 Å². The molecular formula is C17H22N2O. The van der Waals surface area contributed by atoms with Crippen LogP contribution in [0.1, 0.15) is 41.3 Å². The molecule has 0 radical (unpaired) electrons. The van der Waals surface area contributed by atoms with Crippen LogP contribution >= 0.6 is 0 Å². The van der Waals surface area contributed by atoms with Crippen molar-refractivity contribution in [3.8, 4) is 11.8 Å². The summed E-state index contributed by atoms with van der Waals surface area (Å²) in [7, 11) is 1.88. The lowest BCUT2D eigenvalue weighted by atomic mass is 10.0. The number of nitrogens with two attached hydrogens (primary N) is 1. The molecule has 1 amide bonds. The van der Waals surface area contributed by atoms with Crippen molar-refractivity contribution in [2.45, 2.75) is 32.7 Å². The Morgan fingerprint density at radius 3 is 2.80 bits per heavy atom. The topological polar surface area (TPSA) is 46.3 Å². The fourth-order valence-corrected chi connectivity index (χ4v) is 2.36. The van der Waals surface area contributed by atoms with Crippen LogP contribution in [0, 0.1) is 24.7 Å². The van der Waals surface area contributed by atoms with Gasteiger partial charge in [0.05, 0.1) is 12.1 Å². The minimum atomic E-state index is 0.0470. The molecule has 1 aromatic rings. The van der Waals surface area contributed by atoms with E-state index in [1.807, 2.05) is 37.1 Å². The van der Waals surface area contributed by atoms with Crippen LogP contribution in [0.5, 0.6) is 0 Å². The van der Waals surface area contributed by atoms with Crippen molar-refractivity contribution in [1.29, 1.82) is 0 Å². The quantitative estimate of drug-likeness (QED) is 0.856. The van der Waals surface area contributed by atoms with Gasteiger partial charge in [-0.15, -0.1) is 0 Å². The van der Waals surface area contributed by atoms with Crippen molar-refractivity contribution in [2.24, 2.45) is 11.7 Å². The van der Waals surface area contributed by atoms with Gasteiger partial charge in [0, 0.05) is 18.7 Å². The van der Waals surface area contributed by atoms with Crippen LogP contribution in [-0.2, 0) is 0 Å². The van der Waals surface area contributed by atoms with Crippen molar-refractivity contribution in [1.82, 2.24) is 4.90 Å². The van der Waals surface area contributed by atoms with Gasteiger partial charge in [0.15, 0.2) is 0 Å². The number of aryl methyl sites for hydroxylation is 1. The molecule has 1 aliphatic carbocycles.